The van der Waals surface area contributed by atoms with Gasteiger partial charge < -0.3 is 20.3 Å². The maximum absolute atomic E-state index is 12.5. The molecule has 0 aromatic heterocycles. The third-order valence-electron chi connectivity index (χ3n) is 5.34. The van der Waals surface area contributed by atoms with Gasteiger partial charge in [0.1, 0.15) is 24.2 Å². The fraction of sp³-hybridized carbons (Fsp3) is 0.588. The lowest BCUT2D eigenvalue weighted by atomic mass is 9.97. The van der Waals surface area contributed by atoms with Gasteiger partial charge in [-0.3, -0.25) is 9.69 Å². The van der Waals surface area contributed by atoms with E-state index >= 15 is 0 Å². The Hall–Kier alpha value is -1.47. The molecule has 5 atom stereocenters. The van der Waals surface area contributed by atoms with E-state index in [4.69, 9.17) is 15.2 Å². The highest BCUT2D eigenvalue weighted by Crippen LogP contribution is 2.48. The van der Waals surface area contributed by atoms with Crippen LogP contribution in [0.25, 0.3) is 0 Å². The number of rotatable bonds is 5. The van der Waals surface area contributed by atoms with Crippen LogP contribution in [0.15, 0.2) is 30.3 Å². The van der Waals surface area contributed by atoms with Gasteiger partial charge in [0.15, 0.2) is 0 Å². The van der Waals surface area contributed by atoms with Crippen molar-refractivity contribution in [2.24, 2.45) is 5.73 Å². The molecule has 124 valence electrons. The Morgan fingerprint density at radius 2 is 1.96 bits per heavy atom. The number of benzene rings is 1. The van der Waals surface area contributed by atoms with Crippen LogP contribution in [0.2, 0.25) is 0 Å². The van der Waals surface area contributed by atoms with Gasteiger partial charge in [-0.1, -0.05) is 30.3 Å². The van der Waals surface area contributed by atoms with Crippen LogP contribution in [0.3, 0.4) is 0 Å². The van der Waals surface area contributed by atoms with E-state index in [1.807, 2.05) is 30.3 Å². The van der Waals surface area contributed by atoms with Crippen molar-refractivity contribution >= 4 is 5.97 Å². The smallest absolute Gasteiger partial charge is 0.316 e. The number of carbonyl (C=O) groups is 1. The number of morpholine rings is 1. The highest BCUT2D eigenvalue weighted by Gasteiger charge is 2.63. The molecule has 1 aromatic carbocycles. The van der Waals surface area contributed by atoms with Crippen LogP contribution >= 0.6 is 0 Å². The zero-order valence-corrected chi connectivity index (χ0v) is 12.9. The molecule has 5 unspecified atom stereocenters. The van der Waals surface area contributed by atoms with E-state index in [9.17, 15) is 9.90 Å². The third kappa shape index (κ3) is 2.55. The quantitative estimate of drug-likeness (QED) is 0.596. The van der Waals surface area contributed by atoms with Gasteiger partial charge in [0.2, 0.25) is 0 Å². The first-order valence-corrected chi connectivity index (χ1v) is 8.20. The second kappa shape index (κ2) is 5.87. The monoisotopic (exact) mass is 318 g/mol. The first-order valence-electron chi connectivity index (χ1n) is 8.20. The molecule has 0 aliphatic carbocycles. The van der Waals surface area contributed by atoms with Crippen LogP contribution in [0.4, 0.5) is 0 Å². The van der Waals surface area contributed by atoms with Crippen LogP contribution in [0.5, 0.6) is 0 Å². The van der Waals surface area contributed by atoms with Crippen LogP contribution in [-0.2, 0) is 14.3 Å². The Kier molecular flexibility index (Phi) is 3.85. The van der Waals surface area contributed by atoms with Crippen molar-refractivity contribution in [1.29, 1.82) is 0 Å². The Labute approximate surface area is 135 Å². The summed E-state index contributed by atoms with van der Waals surface area (Å²) < 4.78 is 11.4. The lowest BCUT2D eigenvalue weighted by Gasteiger charge is -2.39. The van der Waals surface area contributed by atoms with Crippen molar-refractivity contribution in [2.45, 2.75) is 49.2 Å². The van der Waals surface area contributed by atoms with Gasteiger partial charge in [-0.2, -0.15) is 0 Å². The highest BCUT2D eigenvalue weighted by molar-refractivity contribution is 5.78. The zero-order chi connectivity index (χ0) is 16.0. The number of carbonyl (C=O) groups excluding carboxylic acids is 1. The number of hydrogen-bond acceptors (Lipinski definition) is 6. The van der Waals surface area contributed by atoms with E-state index in [2.05, 4.69) is 4.90 Å². The SMILES string of the molecule is NCN1C2CC(OC(=O)C(CO)c3ccccc3)CC1C1OC12. The first-order chi connectivity index (χ1) is 11.2. The second-order valence-electron chi connectivity index (χ2n) is 6.57. The normalized spacial score (nSPS) is 36.3. The average Bonchev–Trinajstić information content (AvgIpc) is 3.32. The topological polar surface area (TPSA) is 88.3 Å². The number of nitrogens with two attached hydrogens (primary N) is 1. The molecule has 3 heterocycles. The summed E-state index contributed by atoms with van der Waals surface area (Å²) in [4.78, 5) is 14.7. The lowest BCUT2D eigenvalue weighted by Crippen LogP contribution is -2.52. The number of hydrogen-bond donors (Lipinski definition) is 2. The molecule has 0 spiro atoms. The van der Waals surface area contributed by atoms with E-state index in [1.165, 1.54) is 0 Å². The molecule has 6 nitrogen and oxygen atoms in total. The first kappa shape index (κ1) is 15.1. The summed E-state index contributed by atoms with van der Waals surface area (Å²) in [6, 6.07) is 9.79. The maximum Gasteiger partial charge on any atom is 0.316 e. The zero-order valence-electron chi connectivity index (χ0n) is 12.9. The molecule has 3 aliphatic heterocycles. The van der Waals surface area contributed by atoms with Gasteiger partial charge in [0.25, 0.3) is 0 Å². The summed E-state index contributed by atoms with van der Waals surface area (Å²) in [6.45, 7) is 0.279. The molecule has 3 saturated heterocycles. The molecule has 3 aliphatic rings. The van der Waals surface area contributed by atoms with Gasteiger partial charge in [-0.25, -0.2) is 0 Å². The molecule has 0 amide bonds. The molecule has 23 heavy (non-hydrogen) atoms. The fourth-order valence-corrected chi connectivity index (χ4v) is 4.17. The Balaban J connectivity index is 1.42. The van der Waals surface area contributed by atoms with Gasteiger partial charge >= 0.3 is 5.97 Å². The number of aliphatic hydroxyl groups is 1. The van der Waals surface area contributed by atoms with Gasteiger partial charge in [0, 0.05) is 31.6 Å². The number of esters is 1. The summed E-state index contributed by atoms with van der Waals surface area (Å²) >= 11 is 0. The number of nitrogens with zero attached hydrogens (tertiary/aromatic N) is 1. The van der Waals surface area contributed by atoms with E-state index in [0.717, 1.165) is 18.4 Å². The molecule has 0 radical (unpaired) electrons. The number of piperidine rings is 1. The van der Waals surface area contributed by atoms with Crippen LogP contribution < -0.4 is 5.73 Å². The van der Waals surface area contributed by atoms with Crippen molar-refractivity contribution in [2.75, 3.05) is 13.3 Å². The molecule has 3 fully saturated rings. The Morgan fingerprint density at radius 3 is 2.52 bits per heavy atom. The van der Waals surface area contributed by atoms with Crippen molar-refractivity contribution in [1.82, 2.24) is 4.90 Å². The minimum absolute atomic E-state index is 0.116. The highest BCUT2D eigenvalue weighted by atomic mass is 16.6. The minimum atomic E-state index is -0.618. The van der Waals surface area contributed by atoms with E-state index in [-0.39, 0.29) is 43.0 Å². The van der Waals surface area contributed by atoms with E-state index < -0.39 is 5.92 Å². The van der Waals surface area contributed by atoms with Gasteiger partial charge in [0.05, 0.1) is 6.61 Å². The predicted octanol–water partition coefficient (Wildman–Crippen LogP) is 0.205. The predicted molar refractivity (Wildman–Crippen MR) is 82.5 cm³/mol. The molecular weight excluding hydrogens is 296 g/mol. The van der Waals surface area contributed by atoms with Gasteiger partial charge in [-0.15, -0.1) is 0 Å². The number of aliphatic hydroxyl groups excluding tert-OH is 1. The fourth-order valence-electron chi connectivity index (χ4n) is 4.17. The Morgan fingerprint density at radius 1 is 1.30 bits per heavy atom. The van der Waals surface area contributed by atoms with Gasteiger partial charge in [-0.05, 0) is 5.56 Å². The number of ether oxygens (including phenoxy) is 2. The van der Waals surface area contributed by atoms with Crippen molar-refractivity contribution in [3.8, 4) is 0 Å². The molecule has 0 saturated carbocycles. The molecule has 1 aromatic rings. The summed E-state index contributed by atoms with van der Waals surface area (Å²) in [5.41, 5.74) is 6.61. The largest absolute Gasteiger partial charge is 0.462 e. The summed E-state index contributed by atoms with van der Waals surface area (Å²) in [6.07, 6.45) is 1.92. The molecule has 2 bridgehead atoms. The average molecular weight is 318 g/mol. The summed E-state index contributed by atoms with van der Waals surface area (Å²) in [5, 5.41) is 9.58. The third-order valence-corrected chi connectivity index (χ3v) is 5.34. The summed E-state index contributed by atoms with van der Waals surface area (Å²) in [5.74, 6) is -0.967. The van der Waals surface area contributed by atoms with Crippen molar-refractivity contribution < 1.29 is 19.4 Å². The lowest BCUT2D eigenvalue weighted by molar-refractivity contribution is -0.157. The number of epoxide rings is 1. The van der Waals surface area contributed by atoms with Crippen LogP contribution in [-0.4, -0.2) is 59.6 Å². The minimum Gasteiger partial charge on any atom is -0.462 e. The Bertz CT molecular complexity index is 563. The molecular formula is C17H22N2O4. The van der Waals surface area contributed by atoms with Crippen LogP contribution in [0.1, 0.15) is 24.3 Å². The maximum atomic E-state index is 12.5. The molecule has 4 rings (SSSR count). The van der Waals surface area contributed by atoms with Crippen molar-refractivity contribution in [3.05, 3.63) is 35.9 Å². The van der Waals surface area contributed by atoms with E-state index in [0.29, 0.717) is 6.67 Å². The van der Waals surface area contributed by atoms with Crippen molar-refractivity contribution in [3.63, 3.8) is 0 Å². The summed E-state index contributed by atoms with van der Waals surface area (Å²) in [7, 11) is 0. The van der Waals surface area contributed by atoms with E-state index in [1.54, 1.807) is 0 Å². The molecule has 3 N–H and O–H groups in total. The standard InChI is InChI=1S/C17H22N2O4/c18-9-19-13-6-11(7-14(19)16-15(13)23-16)22-17(21)12(8-20)10-4-2-1-3-5-10/h1-5,11-16,20H,6-9,18H2. The number of fused-ring (bicyclic) bond motifs is 5. The second-order valence-corrected chi connectivity index (χ2v) is 6.57. The van der Waals surface area contributed by atoms with Crippen LogP contribution in [0, 0.1) is 0 Å². The molecule has 6 heteroatoms.